The minimum atomic E-state index is -0.119. The monoisotopic (exact) mass is 417 g/mol. The van der Waals surface area contributed by atoms with Gasteiger partial charge in [-0.15, -0.1) is 0 Å². The van der Waals surface area contributed by atoms with Crippen LogP contribution in [-0.2, 0) is 19.6 Å². The van der Waals surface area contributed by atoms with Crippen molar-refractivity contribution in [3.8, 4) is 0 Å². The Balaban J connectivity index is 1.63. The number of fused-ring (bicyclic) bond motifs is 2. The molecule has 0 fully saturated rings. The van der Waals surface area contributed by atoms with Gasteiger partial charge in [0, 0.05) is 13.1 Å². The summed E-state index contributed by atoms with van der Waals surface area (Å²) >= 11 is 12.1. The van der Waals surface area contributed by atoms with E-state index < -0.39 is 0 Å². The summed E-state index contributed by atoms with van der Waals surface area (Å²) in [6, 6.07) is 5.38. The Morgan fingerprint density at radius 3 is 2.79 bits per heavy atom. The molecule has 6 nitrogen and oxygen atoms in total. The van der Waals surface area contributed by atoms with E-state index in [1.165, 1.54) is 0 Å². The normalized spacial score (nSPS) is 13.5. The summed E-state index contributed by atoms with van der Waals surface area (Å²) in [6.45, 7) is 3.79. The predicted molar refractivity (Wildman–Crippen MR) is 112 cm³/mol. The van der Waals surface area contributed by atoms with E-state index in [1.807, 2.05) is 10.7 Å². The van der Waals surface area contributed by atoms with Crippen LogP contribution in [0.25, 0.3) is 11.0 Å². The minimum Gasteiger partial charge on any atom is -0.397 e. The Hall–Kier alpha value is -2.31. The predicted octanol–water partition coefficient (Wildman–Crippen LogP) is 4.67. The van der Waals surface area contributed by atoms with E-state index in [0.717, 1.165) is 42.4 Å². The molecule has 0 saturated heterocycles. The lowest BCUT2D eigenvalue weighted by Gasteiger charge is -2.15. The number of carbonyl (C=O) groups excluding carboxylic acids is 1. The van der Waals surface area contributed by atoms with Gasteiger partial charge in [-0.25, -0.2) is 9.67 Å². The van der Waals surface area contributed by atoms with Gasteiger partial charge in [0.15, 0.2) is 5.65 Å². The number of benzene rings is 1. The number of rotatable bonds is 6. The molecule has 0 aliphatic carbocycles. The number of hydrogen-bond donors (Lipinski definition) is 1. The van der Waals surface area contributed by atoms with Gasteiger partial charge in [-0.2, -0.15) is 5.10 Å². The highest BCUT2D eigenvalue weighted by atomic mass is 35.5. The summed E-state index contributed by atoms with van der Waals surface area (Å²) in [5.41, 5.74) is 9.65. The summed E-state index contributed by atoms with van der Waals surface area (Å²) < 4.78 is 1.88. The molecule has 146 valence electrons. The fraction of sp³-hybridized carbons (Fsp3) is 0.350. The number of nitrogen functional groups attached to an aromatic ring is 1. The topological polar surface area (TPSA) is 77.0 Å². The van der Waals surface area contributed by atoms with Gasteiger partial charge in [0.25, 0.3) is 5.91 Å². The molecule has 4 rings (SSSR count). The van der Waals surface area contributed by atoms with Crippen molar-refractivity contribution < 1.29 is 4.79 Å². The Bertz CT molecular complexity index is 1060. The molecule has 1 aromatic carbocycles. The largest absolute Gasteiger partial charge is 0.397 e. The zero-order valence-corrected chi connectivity index (χ0v) is 17.1. The quantitative estimate of drug-likeness (QED) is 0.591. The Labute approximate surface area is 173 Å². The SMILES string of the molecule is CCCCCn1ncc2c(N)c3c(nc21)CN(Cc1ccc(Cl)c(Cl)c1)C3=O. The Morgan fingerprint density at radius 1 is 1.21 bits per heavy atom. The van der Waals surface area contributed by atoms with Crippen molar-refractivity contribution in [2.75, 3.05) is 5.73 Å². The molecule has 0 unspecified atom stereocenters. The summed E-state index contributed by atoms with van der Waals surface area (Å²) in [4.78, 5) is 19.4. The van der Waals surface area contributed by atoms with Crippen LogP contribution < -0.4 is 5.73 Å². The molecule has 8 heteroatoms. The lowest BCUT2D eigenvalue weighted by molar-refractivity contribution is 0.0767. The molecule has 0 saturated carbocycles. The fourth-order valence-corrected chi connectivity index (χ4v) is 3.91. The van der Waals surface area contributed by atoms with Gasteiger partial charge in [-0.05, 0) is 24.1 Å². The van der Waals surface area contributed by atoms with Crippen LogP contribution in [-0.4, -0.2) is 25.6 Å². The second kappa shape index (κ2) is 7.60. The molecular weight excluding hydrogens is 397 g/mol. The average molecular weight is 418 g/mol. The smallest absolute Gasteiger partial charge is 0.258 e. The molecule has 0 bridgehead atoms. The van der Waals surface area contributed by atoms with E-state index in [0.29, 0.717) is 40.1 Å². The molecule has 0 spiro atoms. The maximum absolute atomic E-state index is 13.0. The maximum Gasteiger partial charge on any atom is 0.258 e. The summed E-state index contributed by atoms with van der Waals surface area (Å²) in [7, 11) is 0. The van der Waals surface area contributed by atoms with E-state index in [2.05, 4.69) is 12.0 Å². The first-order valence-corrected chi connectivity index (χ1v) is 10.1. The van der Waals surface area contributed by atoms with Crippen LogP contribution in [0.4, 0.5) is 5.69 Å². The van der Waals surface area contributed by atoms with Crippen LogP contribution >= 0.6 is 23.2 Å². The van der Waals surface area contributed by atoms with Crippen LogP contribution in [0.1, 0.15) is 47.8 Å². The van der Waals surface area contributed by atoms with Crippen LogP contribution in [0.2, 0.25) is 10.0 Å². The van der Waals surface area contributed by atoms with Crippen molar-refractivity contribution in [3.63, 3.8) is 0 Å². The van der Waals surface area contributed by atoms with Crippen molar-refractivity contribution in [2.24, 2.45) is 0 Å². The highest BCUT2D eigenvalue weighted by Gasteiger charge is 2.32. The summed E-state index contributed by atoms with van der Waals surface area (Å²) in [5, 5.41) is 6.12. The van der Waals surface area contributed by atoms with Crippen molar-refractivity contribution >= 4 is 45.8 Å². The van der Waals surface area contributed by atoms with Crippen molar-refractivity contribution in [1.29, 1.82) is 0 Å². The van der Waals surface area contributed by atoms with Crippen molar-refractivity contribution in [2.45, 2.75) is 45.8 Å². The Kier molecular flexibility index (Phi) is 5.17. The first-order chi connectivity index (χ1) is 13.5. The number of halogens is 2. The zero-order chi connectivity index (χ0) is 19.8. The molecule has 3 heterocycles. The first-order valence-electron chi connectivity index (χ1n) is 9.36. The number of unbranched alkanes of at least 4 members (excludes halogenated alkanes) is 2. The number of hydrogen-bond acceptors (Lipinski definition) is 4. The van der Waals surface area contributed by atoms with Gasteiger partial charge >= 0.3 is 0 Å². The van der Waals surface area contributed by atoms with E-state index in [-0.39, 0.29) is 5.91 Å². The molecule has 3 aromatic rings. The number of nitrogens with two attached hydrogens (primary N) is 1. The second-order valence-electron chi connectivity index (χ2n) is 7.07. The van der Waals surface area contributed by atoms with Gasteiger partial charge in [0.1, 0.15) is 0 Å². The molecule has 1 amide bonds. The van der Waals surface area contributed by atoms with Gasteiger partial charge < -0.3 is 10.6 Å². The van der Waals surface area contributed by atoms with Gasteiger partial charge in [-0.1, -0.05) is 49.0 Å². The van der Waals surface area contributed by atoms with Gasteiger partial charge in [-0.3, -0.25) is 4.79 Å². The lowest BCUT2D eigenvalue weighted by atomic mass is 10.1. The molecule has 28 heavy (non-hydrogen) atoms. The molecule has 2 N–H and O–H groups in total. The molecule has 1 aliphatic heterocycles. The van der Waals surface area contributed by atoms with Crippen molar-refractivity contribution in [3.05, 3.63) is 51.3 Å². The number of aromatic nitrogens is 3. The number of pyridine rings is 1. The highest BCUT2D eigenvalue weighted by Crippen LogP contribution is 2.33. The van der Waals surface area contributed by atoms with Crippen LogP contribution in [0.15, 0.2) is 24.4 Å². The highest BCUT2D eigenvalue weighted by molar-refractivity contribution is 6.42. The fourth-order valence-electron chi connectivity index (χ4n) is 3.59. The summed E-state index contributed by atoms with van der Waals surface area (Å²) in [6.07, 6.45) is 5.02. The van der Waals surface area contributed by atoms with Crippen LogP contribution in [0, 0.1) is 0 Å². The average Bonchev–Trinajstić information content (AvgIpc) is 3.21. The van der Waals surface area contributed by atoms with Crippen LogP contribution in [0.3, 0.4) is 0 Å². The maximum atomic E-state index is 13.0. The van der Waals surface area contributed by atoms with E-state index in [1.54, 1.807) is 23.2 Å². The molecule has 1 aliphatic rings. The van der Waals surface area contributed by atoms with E-state index in [4.69, 9.17) is 33.9 Å². The number of aryl methyl sites for hydroxylation is 1. The molecule has 0 atom stereocenters. The number of anilines is 1. The standard InChI is InChI=1S/C20H21Cl2N5O/c1-2-3-4-7-27-19-13(9-24-27)18(23)17-16(25-19)11-26(20(17)28)10-12-5-6-14(21)15(22)8-12/h5-6,8-9H,2-4,7,10-11H2,1H3,(H2,23,25). The molecule has 0 radical (unpaired) electrons. The number of amides is 1. The molecule has 2 aromatic heterocycles. The van der Waals surface area contributed by atoms with Crippen molar-refractivity contribution in [1.82, 2.24) is 19.7 Å². The lowest BCUT2D eigenvalue weighted by Crippen LogP contribution is -2.23. The second-order valence-corrected chi connectivity index (χ2v) is 7.88. The third-order valence-corrected chi connectivity index (χ3v) is 5.81. The first kappa shape index (κ1) is 19.0. The Morgan fingerprint density at radius 2 is 2.04 bits per heavy atom. The van der Waals surface area contributed by atoms with E-state index >= 15 is 0 Å². The minimum absolute atomic E-state index is 0.119. The zero-order valence-electron chi connectivity index (χ0n) is 15.6. The van der Waals surface area contributed by atoms with Gasteiger partial charge in [0.2, 0.25) is 0 Å². The third-order valence-electron chi connectivity index (χ3n) is 5.07. The molecular formula is C20H21Cl2N5O. The number of nitrogens with zero attached hydrogens (tertiary/aromatic N) is 4. The van der Waals surface area contributed by atoms with E-state index in [9.17, 15) is 4.79 Å². The number of carbonyl (C=O) groups is 1. The third kappa shape index (κ3) is 3.31. The van der Waals surface area contributed by atoms with Crippen LogP contribution in [0.5, 0.6) is 0 Å². The van der Waals surface area contributed by atoms with Gasteiger partial charge in [0.05, 0.1) is 45.1 Å². The summed E-state index contributed by atoms with van der Waals surface area (Å²) in [5.74, 6) is -0.119.